The van der Waals surface area contributed by atoms with Crippen molar-refractivity contribution in [3.05, 3.63) is 41.2 Å². The molecule has 0 aliphatic heterocycles. The maximum absolute atomic E-state index is 6.19. The highest BCUT2D eigenvalue weighted by Gasteiger charge is 2.13. The van der Waals surface area contributed by atoms with Crippen LogP contribution in [0.4, 0.5) is 0 Å². The topological polar surface area (TPSA) is 48.2 Å². The summed E-state index contributed by atoms with van der Waals surface area (Å²) in [4.78, 5) is 8.70. The van der Waals surface area contributed by atoms with E-state index in [0.29, 0.717) is 16.7 Å². The molecule has 0 bridgehead atoms. The molecule has 0 spiro atoms. The zero-order valence-electron chi connectivity index (χ0n) is 10.5. The van der Waals surface area contributed by atoms with Gasteiger partial charge in [-0.2, -0.15) is 4.98 Å². The minimum absolute atomic E-state index is 0.397. The van der Waals surface area contributed by atoms with Crippen LogP contribution in [0.2, 0.25) is 5.15 Å². The van der Waals surface area contributed by atoms with Gasteiger partial charge < -0.3 is 9.15 Å². The summed E-state index contributed by atoms with van der Waals surface area (Å²) in [6, 6.07) is 7.49. The molecule has 0 saturated heterocycles. The van der Waals surface area contributed by atoms with Crippen LogP contribution in [0.25, 0.3) is 22.5 Å². The first kappa shape index (κ1) is 12.0. The molecule has 0 radical (unpaired) electrons. The largest absolute Gasteiger partial charge is 0.497 e. The van der Waals surface area contributed by atoms with Gasteiger partial charge in [0.15, 0.2) is 5.82 Å². The summed E-state index contributed by atoms with van der Waals surface area (Å²) >= 11 is 6.19. The van der Waals surface area contributed by atoms with E-state index in [1.54, 1.807) is 13.4 Å². The van der Waals surface area contributed by atoms with E-state index in [0.717, 1.165) is 22.3 Å². The molecule has 2 heterocycles. The Morgan fingerprint density at radius 1 is 1.26 bits per heavy atom. The van der Waals surface area contributed by atoms with Crippen LogP contribution in [0.15, 0.2) is 34.9 Å². The van der Waals surface area contributed by atoms with Crippen LogP contribution in [-0.2, 0) is 0 Å². The van der Waals surface area contributed by atoms with Gasteiger partial charge in [-0.1, -0.05) is 23.7 Å². The van der Waals surface area contributed by atoms with Gasteiger partial charge in [-0.15, -0.1) is 0 Å². The number of fused-ring (bicyclic) bond motifs is 1. The van der Waals surface area contributed by atoms with Crippen molar-refractivity contribution in [2.24, 2.45) is 0 Å². The molecule has 0 aliphatic carbocycles. The molecule has 96 valence electrons. The predicted molar refractivity (Wildman–Crippen MR) is 73.5 cm³/mol. The second kappa shape index (κ2) is 4.55. The minimum Gasteiger partial charge on any atom is -0.497 e. The molecule has 0 saturated carbocycles. The van der Waals surface area contributed by atoms with Crippen LogP contribution in [-0.4, -0.2) is 17.1 Å². The number of methoxy groups -OCH3 is 1. The standard InChI is InChI=1S/C14H11ClN2O2/c1-8-7-19-14-11(8)12(15)16-13(17-14)9-4-3-5-10(6-9)18-2/h3-7H,1-2H3. The van der Waals surface area contributed by atoms with Gasteiger partial charge in [-0.05, 0) is 24.6 Å². The molecule has 0 N–H and O–H groups in total. The number of aromatic nitrogens is 2. The number of furan rings is 1. The molecule has 19 heavy (non-hydrogen) atoms. The van der Waals surface area contributed by atoms with Crippen molar-refractivity contribution < 1.29 is 9.15 Å². The summed E-state index contributed by atoms with van der Waals surface area (Å²) in [5.41, 5.74) is 2.25. The normalized spacial score (nSPS) is 10.9. The third-order valence-corrected chi connectivity index (χ3v) is 3.17. The Morgan fingerprint density at radius 3 is 2.89 bits per heavy atom. The van der Waals surface area contributed by atoms with Crippen LogP contribution in [0.5, 0.6) is 5.75 Å². The fourth-order valence-corrected chi connectivity index (χ4v) is 2.24. The van der Waals surface area contributed by atoms with Crippen LogP contribution in [0, 0.1) is 6.92 Å². The molecule has 5 heteroatoms. The summed E-state index contributed by atoms with van der Waals surface area (Å²) < 4.78 is 10.6. The summed E-state index contributed by atoms with van der Waals surface area (Å²) in [6.45, 7) is 1.91. The van der Waals surface area contributed by atoms with Crippen molar-refractivity contribution >= 4 is 22.7 Å². The lowest BCUT2D eigenvalue weighted by Crippen LogP contribution is -1.91. The Bertz CT molecular complexity index is 752. The number of nitrogens with zero attached hydrogens (tertiary/aromatic N) is 2. The van der Waals surface area contributed by atoms with Crippen LogP contribution in [0.3, 0.4) is 0 Å². The minimum atomic E-state index is 0.397. The SMILES string of the molecule is COc1cccc(-c2nc(Cl)c3c(C)coc3n2)c1. The maximum atomic E-state index is 6.19. The molecule has 0 atom stereocenters. The van der Waals surface area contributed by atoms with Gasteiger partial charge in [0.25, 0.3) is 0 Å². The number of aryl methyl sites for hydroxylation is 1. The Balaban J connectivity index is 2.19. The van der Waals surface area contributed by atoms with E-state index in [9.17, 15) is 0 Å². The number of hydrogen-bond acceptors (Lipinski definition) is 4. The van der Waals surface area contributed by atoms with Gasteiger partial charge in [0.2, 0.25) is 5.71 Å². The van der Waals surface area contributed by atoms with Crippen LogP contribution in [0.1, 0.15) is 5.56 Å². The molecule has 2 aromatic heterocycles. The summed E-state index contributed by atoms with van der Waals surface area (Å²) in [6.07, 6.45) is 1.63. The van der Waals surface area contributed by atoms with Gasteiger partial charge in [-0.3, -0.25) is 0 Å². The predicted octanol–water partition coefficient (Wildman–Crippen LogP) is 3.86. The first-order valence-electron chi connectivity index (χ1n) is 5.75. The molecule has 0 aliphatic rings. The Hall–Kier alpha value is -2.07. The monoisotopic (exact) mass is 274 g/mol. The van der Waals surface area contributed by atoms with E-state index in [2.05, 4.69) is 9.97 Å². The first-order valence-corrected chi connectivity index (χ1v) is 6.12. The molecule has 1 aromatic carbocycles. The van der Waals surface area contributed by atoms with E-state index in [1.165, 1.54) is 0 Å². The molecular weight excluding hydrogens is 264 g/mol. The molecular formula is C14H11ClN2O2. The lowest BCUT2D eigenvalue weighted by Gasteiger charge is -2.04. The summed E-state index contributed by atoms with van der Waals surface area (Å²) in [7, 11) is 1.62. The van der Waals surface area contributed by atoms with Crippen molar-refractivity contribution in [2.75, 3.05) is 7.11 Å². The molecule has 3 aromatic rings. The second-order valence-electron chi connectivity index (χ2n) is 4.17. The molecule has 0 amide bonds. The smallest absolute Gasteiger partial charge is 0.231 e. The van der Waals surface area contributed by atoms with Gasteiger partial charge in [-0.25, -0.2) is 4.98 Å². The maximum Gasteiger partial charge on any atom is 0.231 e. The Labute approximate surface area is 115 Å². The van der Waals surface area contributed by atoms with Gasteiger partial charge in [0.05, 0.1) is 18.8 Å². The van der Waals surface area contributed by atoms with E-state index in [4.69, 9.17) is 20.8 Å². The number of hydrogen-bond donors (Lipinski definition) is 0. The number of rotatable bonds is 2. The van der Waals surface area contributed by atoms with Crippen LogP contribution >= 0.6 is 11.6 Å². The van der Waals surface area contributed by atoms with E-state index in [1.807, 2.05) is 31.2 Å². The third-order valence-electron chi connectivity index (χ3n) is 2.90. The van der Waals surface area contributed by atoms with Crippen molar-refractivity contribution in [2.45, 2.75) is 6.92 Å². The van der Waals surface area contributed by atoms with E-state index >= 15 is 0 Å². The average molecular weight is 275 g/mol. The first-order chi connectivity index (χ1) is 9.19. The zero-order valence-corrected chi connectivity index (χ0v) is 11.2. The van der Waals surface area contributed by atoms with Gasteiger partial charge in [0, 0.05) is 5.56 Å². The van der Waals surface area contributed by atoms with Crippen molar-refractivity contribution in [1.29, 1.82) is 0 Å². The second-order valence-corrected chi connectivity index (χ2v) is 4.53. The highest BCUT2D eigenvalue weighted by atomic mass is 35.5. The lowest BCUT2D eigenvalue weighted by atomic mass is 10.2. The number of ether oxygens (including phenoxy) is 1. The Morgan fingerprint density at radius 2 is 2.11 bits per heavy atom. The molecule has 3 rings (SSSR count). The third kappa shape index (κ3) is 2.04. The lowest BCUT2D eigenvalue weighted by molar-refractivity contribution is 0.415. The zero-order chi connectivity index (χ0) is 13.4. The van der Waals surface area contributed by atoms with Crippen molar-refractivity contribution in [3.8, 4) is 17.1 Å². The van der Waals surface area contributed by atoms with Crippen LogP contribution < -0.4 is 4.74 Å². The highest BCUT2D eigenvalue weighted by Crippen LogP contribution is 2.29. The molecule has 4 nitrogen and oxygen atoms in total. The van der Waals surface area contributed by atoms with Gasteiger partial charge >= 0.3 is 0 Å². The summed E-state index contributed by atoms with van der Waals surface area (Å²) in [5.74, 6) is 1.26. The Kier molecular flexibility index (Phi) is 2.87. The fourth-order valence-electron chi connectivity index (χ4n) is 1.93. The number of halogens is 1. The quantitative estimate of drug-likeness (QED) is 0.666. The van der Waals surface area contributed by atoms with E-state index < -0.39 is 0 Å². The fraction of sp³-hybridized carbons (Fsp3) is 0.143. The summed E-state index contributed by atoms with van der Waals surface area (Å²) in [5, 5.41) is 1.15. The van der Waals surface area contributed by atoms with Crippen molar-refractivity contribution in [3.63, 3.8) is 0 Å². The van der Waals surface area contributed by atoms with Crippen molar-refractivity contribution in [1.82, 2.24) is 9.97 Å². The van der Waals surface area contributed by atoms with E-state index in [-0.39, 0.29) is 0 Å². The van der Waals surface area contributed by atoms with Gasteiger partial charge in [0.1, 0.15) is 10.9 Å². The molecule has 0 unspecified atom stereocenters. The molecule has 0 fully saturated rings. The highest BCUT2D eigenvalue weighted by molar-refractivity contribution is 6.34. The average Bonchev–Trinajstić information content (AvgIpc) is 2.81. The number of benzene rings is 1.